The molecule has 1 aromatic carbocycles. The van der Waals surface area contributed by atoms with E-state index in [0.717, 1.165) is 5.56 Å². The van der Waals surface area contributed by atoms with Crippen LogP contribution in [0.25, 0.3) is 0 Å². The average molecular weight is 421 g/mol. The number of likely N-dealkylation sites (N-methyl/N-ethyl adjacent to an activating group) is 1. The van der Waals surface area contributed by atoms with Crippen LogP contribution >= 0.6 is 0 Å². The van der Waals surface area contributed by atoms with E-state index >= 15 is 0 Å². The summed E-state index contributed by atoms with van der Waals surface area (Å²) in [5.74, 6) is -0.259. The smallest absolute Gasteiger partial charge is 0.411 e. The predicted octanol–water partition coefficient (Wildman–Crippen LogP) is 2.31. The normalized spacial score (nSPS) is 17.1. The lowest BCUT2D eigenvalue weighted by atomic mass is 10.1. The van der Waals surface area contributed by atoms with E-state index in [2.05, 4.69) is 0 Å². The largest absolute Gasteiger partial charge is 0.445 e. The van der Waals surface area contributed by atoms with Crippen LogP contribution in [0.2, 0.25) is 0 Å². The zero-order chi connectivity index (χ0) is 22.3. The van der Waals surface area contributed by atoms with Crippen LogP contribution in [-0.2, 0) is 25.7 Å². The lowest BCUT2D eigenvalue weighted by Crippen LogP contribution is -2.61. The molecule has 1 aliphatic heterocycles. The standard InChI is InChI=1S/C21H31N3O6/c1-21(2,3)30-20(27)24-12-11-23(13-17(24)18(25)14-22(4)28-5)19(26)29-15-16-9-7-6-8-10-16/h6-10,17H,11-15H2,1-5H3/t17-/m1/s1. The van der Waals surface area contributed by atoms with Gasteiger partial charge < -0.3 is 19.2 Å². The summed E-state index contributed by atoms with van der Waals surface area (Å²) >= 11 is 0. The van der Waals surface area contributed by atoms with Crippen LogP contribution in [0.3, 0.4) is 0 Å². The average Bonchev–Trinajstić information content (AvgIpc) is 2.70. The predicted molar refractivity (Wildman–Crippen MR) is 110 cm³/mol. The summed E-state index contributed by atoms with van der Waals surface area (Å²) < 4.78 is 10.8. The number of piperazine rings is 1. The van der Waals surface area contributed by atoms with Crippen molar-refractivity contribution in [2.75, 3.05) is 40.3 Å². The first-order valence-corrected chi connectivity index (χ1v) is 9.84. The van der Waals surface area contributed by atoms with Crippen molar-refractivity contribution in [1.29, 1.82) is 0 Å². The van der Waals surface area contributed by atoms with Gasteiger partial charge in [-0.15, -0.1) is 0 Å². The first-order chi connectivity index (χ1) is 14.1. The Balaban J connectivity index is 2.07. The molecule has 1 fully saturated rings. The third-order valence-corrected chi connectivity index (χ3v) is 4.53. The van der Waals surface area contributed by atoms with Gasteiger partial charge in [-0.2, -0.15) is 5.06 Å². The van der Waals surface area contributed by atoms with Crippen molar-refractivity contribution in [3.8, 4) is 0 Å². The molecule has 0 aromatic heterocycles. The molecule has 1 saturated heterocycles. The maximum Gasteiger partial charge on any atom is 0.411 e. The van der Waals surface area contributed by atoms with E-state index in [9.17, 15) is 14.4 Å². The lowest BCUT2D eigenvalue weighted by Gasteiger charge is -2.40. The number of ketones is 1. The highest BCUT2D eigenvalue weighted by Crippen LogP contribution is 2.18. The van der Waals surface area contributed by atoms with E-state index < -0.39 is 23.8 Å². The molecule has 166 valence electrons. The first-order valence-electron chi connectivity index (χ1n) is 9.84. The Morgan fingerprint density at radius 3 is 2.37 bits per heavy atom. The van der Waals surface area contributed by atoms with Gasteiger partial charge in [0, 0.05) is 20.1 Å². The Morgan fingerprint density at radius 2 is 1.77 bits per heavy atom. The zero-order valence-electron chi connectivity index (χ0n) is 18.3. The molecule has 0 N–H and O–H groups in total. The van der Waals surface area contributed by atoms with Crippen LogP contribution in [0.5, 0.6) is 0 Å². The highest BCUT2D eigenvalue weighted by atomic mass is 16.7. The number of benzene rings is 1. The van der Waals surface area contributed by atoms with E-state index in [1.165, 1.54) is 22.0 Å². The van der Waals surface area contributed by atoms with Gasteiger partial charge in [-0.1, -0.05) is 30.3 Å². The van der Waals surface area contributed by atoms with Crippen LogP contribution in [0.4, 0.5) is 9.59 Å². The number of carbonyl (C=O) groups excluding carboxylic acids is 3. The summed E-state index contributed by atoms with van der Waals surface area (Å²) in [5.41, 5.74) is 0.173. The molecule has 9 nitrogen and oxygen atoms in total. The maximum atomic E-state index is 12.8. The fourth-order valence-electron chi connectivity index (χ4n) is 2.96. The summed E-state index contributed by atoms with van der Waals surface area (Å²) in [5, 5.41) is 1.36. The van der Waals surface area contributed by atoms with Crippen molar-refractivity contribution in [2.45, 2.75) is 39.0 Å². The molecule has 1 heterocycles. The number of rotatable bonds is 6. The summed E-state index contributed by atoms with van der Waals surface area (Å²) in [6.45, 7) is 5.83. The highest BCUT2D eigenvalue weighted by molar-refractivity contribution is 5.90. The topological polar surface area (TPSA) is 88.6 Å². The van der Waals surface area contributed by atoms with Gasteiger partial charge in [0.2, 0.25) is 0 Å². The molecule has 30 heavy (non-hydrogen) atoms. The number of Topliss-reactive ketones (excluding diaryl/α,β-unsaturated/α-hetero) is 1. The van der Waals surface area contributed by atoms with Gasteiger partial charge in [0.15, 0.2) is 5.78 Å². The molecule has 2 rings (SSSR count). The summed E-state index contributed by atoms with van der Waals surface area (Å²) in [6, 6.07) is 8.49. The summed E-state index contributed by atoms with van der Waals surface area (Å²) in [7, 11) is 3.07. The van der Waals surface area contributed by atoms with Crippen molar-refractivity contribution in [3.63, 3.8) is 0 Å². The fourth-order valence-corrected chi connectivity index (χ4v) is 2.96. The molecule has 0 unspecified atom stereocenters. The number of hydrogen-bond donors (Lipinski definition) is 0. The van der Waals surface area contributed by atoms with E-state index in [0.29, 0.717) is 0 Å². The van der Waals surface area contributed by atoms with Crippen molar-refractivity contribution in [3.05, 3.63) is 35.9 Å². The second-order valence-electron chi connectivity index (χ2n) is 8.11. The van der Waals surface area contributed by atoms with Crippen molar-refractivity contribution in [1.82, 2.24) is 14.9 Å². The van der Waals surface area contributed by atoms with Gasteiger partial charge in [-0.3, -0.25) is 9.69 Å². The molecule has 2 amide bonds. The van der Waals surface area contributed by atoms with Gasteiger partial charge in [-0.05, 0) is 26.3 Å². The summed E-state index contributed by atoms with van der Waals surface area (Å²) in [6.07, 6.45) is -1.11. The third-order valence-electron chi connectivity index (χ3n) is 4.53. The SMILES string of the molecule is CON(C)CC(=O)[C@H]1CN(C(=O)OCc2ccccc2)CCN1C(=O)OC(C)(C)C. The molecule has 0 radical (unpaired) electrons. The summed E-state index contributed by atoms with van der Waals surface area (Å²) in [4.78, 5) is 45.9. The van der Waals surface area contributed by atoms with Crippen LogP contribution < -0.4 is 0 Å². The molecule has 9 heteroatoms. The van der Waals surface area contributed by atoms with Gasteiger partial charge in [0.1, 0.15) is 18.2 Å². The molecule has 0 spiro atoms. The monoisotopic (exact) mass is 421 g/mol. The molecular weight excluding hydrogens is 390 g/mol. The van der Waals surface area contributed by atoms with Crippen molar-refractivity contribution in [2.24, 2.45) is 0 Å². The number of hydroxylamine groups is 2. The second-order valence-corrected chi connectivity index (χ2v) is 8.11. The molecule has 0 aliphatic carbocycles. The quantitative estimate of drug-likeness (QED) is 0.651. The minimum Gasteiger partial charge on any atom is -0.445 e. The van der Waals surface area contributed by atoms with Crippen molar-refractivity contribution >= 4 is 18.0 Å². The van der Waals surface area contributed by atoms with Gasteiger partial charge in [-0.25, -0.2) is 9.59 Å². The Kier molecular flexibility index (Phi) is 8.19. The van der Waals surface area contributed by atoms with Crippen LogP contribution in [0.1, 0.15) is 26.3 Å². The van der Waals surface area contributed by atoms with Gasteiger partial charge in [0.25, 0.3) is 0 Å². The molecule has 0 saturated carbocycles. The number of hydrogen-bond acceptors (Lipinski definition) is 7. The molecule has 1 aliphatic rings. The van der Waals surface area contributed by atoms with Gasteiger partial charge >= 0.3 is 12.2 Å². The van der Waals surface area contributed by atoms with E-state index in [1.54, 1.807) is 27.8 Å². The zero-order valence-corrected chi connectivity index (χ0v) is 18.3. The highest BCUT2D eigenvalue weighted by Gasteiger charge is 2.39. The Labute approximate surface area is 177 Å². The third kappa shape index (κ3) is 7.00. The fraction of sp³-hybridized carbons (Fsp3) is 0.571. The van der Waals surface area contributed by atoms with E-state index in [4.69, 9.17) is 14.3 Å². The lowest BCUT2D eigenvalue weighted by molar-refractivity contribution is -0.146. The minimum absolute atomic E-state index is 0.0310. The number of amides is 2. The van der Waals surface area contributed by atoms with Crippen LogP contribution in [0, 0.1) is 0 Å². The number of nitrogens with zero attached hydrogens (tertiary/aromatic N) is 3. The Morgan fingerprint density at radius 1 is 1.10 bits per heavy atom. The van der Waals surface area contributed by atoms with Crippen LogP contribution in [0.15, 0.2) is 30.3 Å². The number of ether oxygens (including phenoxy) is 2. The van der Waals surface area contributed by atoms with Gasteiger partial charge in [0.05, 0.1) is 20.2 Å². The molecular formula is C21H31N3O6. The first kappa shape index (κ1) is 23.6. The molecule has 1 atom stereocenters. The second kappa shape index (κ2) is 10.4. The Hall–Kier alpha value is -2.65. The molecule has 1 aromatic rings. The number of carbonyl (C=O) groups is 3. The van der Waals surface area contributed by atoms with Crippen LogP contribution in [-0.4, -0.2) is 84.8 Å². The van der Waals surface area contributed by atoms with Crippen molar-refractivity contribution < 1.29 is 28.7 Å². The minimum atomic E-state index is -0.851. The maximum absolute atomic E-state index is 12.8. The van der Waals surface area contributed by atoms with E-state index in [-0.39, 0.29) is 38.6 Å². The Bertz CT molecular complexity index is 734. The molecule has 0 bridgehead atoms. The van der Waals surface area contributed by atoms with E-state index in [1.807, 2.05) is 30.3 Å².